The Bertz CT molecular complexity index is 1030. The Morgan fingerprint density at radius 2 is 1.67 bits per heavy atom. The van der Waals surface area contributed by atoms with Gasteiger partial charge in [0.05, 0.1) is 4.90 Å². The predicted octanol–water partition coefficient (Wildman–Crippen LogP) is 2.04. The molecular weight excluding hydrogens is 393 g/mol. The van der Waals surface area contributed by atoms with E-state index in [0.29, 0.717) is 16.9 Å². The summed E-state index contributed by atoms with van der Waals surface area (Å²) in [5, 5.41) is 8.84. The number of nitrogens with one attached hydrogen (secondary N) is 2. The molecule has 0 unspecified atom stereocenters. The lowest BCUT2D eigenvalue weighted by atomic mass is 10.1. The lowest BCUT2D eigenvalue weighted by Crippen LogP contribution is -2.42. The number of hydrogen-bond donors (Lipinski definition) is 3. The second kappa shape index (κ2) is 6.74. The van der Waals surface area contributed by atoms with Crippen LogP contribution in [-0.4, -0.2) is 28.5 Å². The summed E-state index contributed by atoms with van der Waals surface area (Å²) in [5.74, 6) is -0.619. The van der Waals surface area contributed by atoms with Gasteiger partial charge < -0.3 is 19.7 Å². The Labute approximate surface area is 156 Å². The molecule has 0 spiro atoms. The third-order valence-corrected chi connectivity index (χ3v) is 7.56. The zero-order valence-corrected chi connectivity index (χ0v) is 16.2. The van der Waals surface area contributed by atoms with E-state index in [-0.39, 0.29) is 4.90 Å². The monoisotopic (exact) mass is 411 g/mol. The van der Waals surface area contributed by atoms with Gasteiger partial charge in [0.15, 0.2) is 0 Å². The fourth-order valence-electron chi connectivity index (χ4n) is 2.99. The maximum Gasteiger partial charge on any atom is 0.369 e. The fraction of sp³-hybridized carbons (Fsp3) is 0.188. The predicted molar refractivity (Wildman–Crippen MR) is 99.8 cm³/mol. The number of amides is 1. The first-order chi connectivity index (χ1) is 12.7. The first-order valence-corrected chi connectivity index (χ1v) is 10.8. The molecule has 0 fully saturated rings. The van der Waals surface area contributed by atoms with Crippen molar-refractivity contribution in [1.82, 2.24) is 0 Å². The lowest BCUT2D eigenvalue weighted by molar-refractivity contribution is -0.118. The van der Waals surface area contributed by atoms with Gasteiger partial charge in [0.25, 0.3) is 5.91 Å². The van der Waals surface area contributed by atoms with Crippen LogP contribution >= 0.6 is 7.60 Å². The zero-order valence-electron chi connectivity index (χ0n) is 14.5. The van der Waals surface area contributed by atoms with Gasteiger partial charge in [0.2, 0.25) is 15.3 Å². The van der Waals surface area contributed by atoms with Gasteiger partial charge in [-0.25, -0.2) is 13.6 Å². The molecule has 0 aliphatic carbocycles. The maximum absolute atomic E-state index is 13.4. The third kappa shape index (κ3) is 3.05. The topological polar surface area (TPSA) is 137 Å². The van der Waals surface area contributed by atoms with Crippen molar-refractivity contribution < 1.29 is 26.8 Å². The van der Waals surface area contributed by atoms with Crippen molar-refractivity contribution in [3.63, 3.8) is 0 Å². The van der Waals surface area contributed by atoms with Gasteiger partial charge in [0.1, 0.15) is 0 Å². The van der Waals surface area contributed by atoms with Crippen LogP contribution in [0.5, 0.6) is 0 Å². The first-order valence-electron chi connectivity index (χ1n) is 7.71. The molecule has 1 aliphatic rings. The van der Waals surface area contributed by atoms with Crippen LogP contribution in [-0.2, 0) is 33.7 Å². The summed E-state index contributed by atoms with van der Waals surface area (Å²) in [6.45, 7) is 0. The standard InChI is InChI=1S/C16H18N3O6PS/c1-24-26(21,25-2)16(13-5-3-4-6-14(13)18-15(16)20)19-11-7-9-12(10-8-11)27(17,22)23/h3-10,19H,1-2H3,(H,18,20)(H2,17,22,23)/t16-/m0/s1. The first kappa shape index (κ1) is 19.5. The van der Waals surface area contributed by atoms with Crippen LogP contribution in [0.2, 0.25) is 0 Å². The molecule has 9 nitrogen and oxygen atoms in total. The number of carbonyl (C=O) groups is 1. The Morgan fingerprint density at radius 1 is 1.07 bits per heavy atom. The number of nitrogens with two attached hydrogens (primary N) is 1. The highest BCUT2D eigenvalue weighted by atomic mass is 32.2. The van der Waals surface area contributed by atoms with Crippen LogP contribution in [0.4, 0.5) is 11.4 Å². The van der Waals surface area contributed by atoms with E-state index in [9.17, 15) is 17.8 Å². The van der Waals surface area contributed by atoms with Gasteiger partial charge in [-0.05, 0) is 30.3 Å². The molecule has 3 rings (SSSR count). The Balaban J connectivity index is 2.16. The highest BCUT2D eigenvalue weighted by Crippen LogP contribution is 2.67. The average molecular weight is 411 g/mol. The van der Waals surface area contributed by atoms with E-state index >= 15 is 0 Å². The second-order valence-electron chi connectivity index (χ2n) is 5.77. The molecule has 0 saturated carbocycles. The van der Waals surface area contributed by atoms with E-state index in [0.717, 1.165) is 0 Å². The summed E-state index contributed by atoms with van der Waals surface area (Å²) in [6, 6.07) is 12.1. The molecule has 0 bridgehead atoms. The van der Waals surface area contributed by atoms with Crippen LogP contribution in [0.15, 0.2) is 53.4 Å². The fourth-order valence-corrected chi connectivity index (χ4v) is 5.27. The van der Waals surface area contributed by atoms with Gasteiger partial charge >= 0.3 is 7.60 Å². The molecule has 2 aromatic carbocycles. The molecule has 4 N–H and O–H groups in total. The molecular formula is C16H18N3O6PS. The molecule has 1 aliphatic heterocycles. The SMILES string of the molecule is COP(=O)(OC)[C@]1(Nc2ccc(S(N)(=O)=O)cc2)C(=O)Nc2ccccc21. The minimum Gasteiger partial charge on any atom is -0.358 e. The number of fused-ring (bicyclic) bond motifs is 1. The molecule has 144 valence electrons. The largest absolute Gasteiger partial charge is 0.369 e. The molecule has 1 atom stereocenters. The number of para-hydroxylation sites is 1. The zero-order chi connectivity index (χ0) is 19.9. The second-order valence-corrected chi connectivity index (χ2v) is 9.72. The van der Waals surface area contributed by atoms with E-state index in [4.69, 9.17) is 14.2 Å². The summed E-state index contributed by atoms with van der Waals surface area (Å²) >= 11 is 0. The highest BCUT2D eigenvalue weighted by molar-refractivity contribution is 7.89. The summed E-state index contributed by atoms with van der Waals surface area (Å²) in [7, 11) is -5.52. The maximum atomic E-state index is 13.4. The number of rotatable bonds is 6. The average Bonchev–Trinajstić information content (AvgIpc) is 2.93. The Kier molecular flexibility index (Phi) is 4.87. The smallest absolute Gasteiger partial charge is 0.358 e. The number of anilines is 2. The minimum atomic E-state index is -4.02. The molecule has 0 aromatic heterocycles. The highest BCUT2D eigenvalue weighted by Gasteiger charge is 2.62. The van der Waals surface area contributed by atoms with Gasteiger partial charge in [-0.15, -0.1) is 0 Å². The summed E-state index contributed by atoms with van der Waals surface area (Å²) in [4.78, 5) is 12.8. The van der Waals surface area contributed by atoms with E-state index in [1.165, 1.54) is 38.5 Å². The summed E-state index contributed by atoms with van der Waals surface area (Å²) in [5.41, 5.74) is 1.17. The molecule has 27 heavy (non-hydrogen) atoms. The normalized spacial score (nSPS) is 19.4. The van der Waals surface area contributed by atoms with Crippen molar-refractivity contribution in [3.8, 4) is 0 Å². The molecule has 11 heteroatoms. The van der Waals surface area contributed by atoms with Crippen molar-refractivity contribution in [2.24, 2.45) is 5.14 Å². The molecule has 0 radical (unpaired) electrons. The molecule has 1 heterocycles. The van der Waals surface area contributed by atoms with Crippen molar-refractivity contribution in [3.05, 3.63) is 54.1 Å². The number of carbonyl (C=O) groups excluding carboxylic acids is 1. The Morgan fingerprint density at radius 3 is 2.22 bits per heavy atom. The van der Waals surface area contributed by atoms with Gasteiger partial charge in [-0.3, -0.25) is 9.36 Å². The number of primary sulfonamides is 1. The van der Waals surface area contributed by atoms with Crippen molar-refractivity contribution in [1.29, 1.82) is 0 Å². The van der Waals surface area contributed by atoms with Crippen LogP contribution in [0, 0.1) is 0 Å². The number of benzene rings is 2. The quantitative estimate of drug-likeness (QED) is 0.619. The minimum absolute atomic E-state index is 0.0972. The number of sulfonamides is 1. The van der Waals surface area contributed by atoms with E-state index < -0.39 is 28.8 Å². The van der Waals surface area contributed by atoms with Crippen LogP contribution in [0.3, 0.4) is 0 Å². The van der Waals surface area contributed by atoms with Gasteiger partial charge in [0, 0.05) is 31.2 Å². The van der Waals surface area contributed by atoms with E-state index in [2.05, 4.69) is 10.6 Å². The molecule has 0 saturated heterocycles. The Hall–Kier alpha value is -2.23. The van der Waals surface area contributed by atoms with E-state index in [1.54, 1.807) is 24.3 Å². The summed E-state index contributed by atoms with van der Waals surface area (Å²) in [6.07, 6.45) is 0. The van der Waals surface area contributed by atoms with Gasteiger partial charge in [-0.1, -0.05) is 18.2 Å². The summed E-state index contributed by atoms with van der Waals surface area (Å²) < 4.78 is 46.5. The van der Waals surface area contributed by atoms with Crippen molar-refractivity contribution in [2.75, 3.05) is 24.9 Å². The lowest BCUT2D eigenvalue weighted by Gasteiger charge is -2.34. The van der Waals surface area contributed by atoms with Crippen molar-refractivity contribution >= 4 is 34.9 Å². The van der Waals surface area contributed by atoms with Crippen molar-refractivity contribution in [2.45, 2.75) is 10.2 Å². The third-order valence-electron chi connectivity index (χ3n) is 4.29. The van der Waals surface area contributed by atoms with Crippen LogP contribution in [0.1, 0.15) is 5.56 Å². The van der Waals surface area contributed by atoms with E-state index in [1.807, 2.05) is 0 Å². The molecule has 2 aromatic rings. The molecule has 1 amide bonds. The van der Waals surface area contributed by atoms with Crippen LogP contribution in [0.25, 0.3) is 0 Å². The van der Waals surface area contributed by atoms with Gasteiger partial charge in [-0.2, -0.15) is 0 Å². The number of hydrogen-bond acceptors (Lipinski definition) is 7. The van der Waals surface area contributed by atoms with Crippen LogP contribution < -0.4 is 15.8 Å².